The number of carboxylic acids is 2. The van der Waals surface area contributed by atoms with E-state index in [1.165, 1.54) is 0 Å². The quantitative estimate of drug-likeness (QED) is 0.139. The molecule has 0 aliphatic carbocycles. The second-order valence-electron chi connectivity index (χ2n) is 11.0. The van der Waals surface area contributed by atoms with Crippen LogP contribution in [0.1, 0.15) is 47.9 Å². The van der Waals surface area contributed by atoms with Gasteiger partial charge in [0.1, 0.15) is 35.5 Å². The molecule has 47 heavy (non-hydrogen) atoms. The Bertz CT molecular complexity index is 1980. The molecular weight excluding hydrogens is 704 g/mol. The molecule has 1 saturated heterocycles. The molecule has 0 unspecified atom stereocenters. The third-order valence-corrected chi connectivity index (χ3v) is 8.94. The van der Waals surface area contributed by atoms with Gasteiger partial charge in [0, 0.05) is 29.5 Å². The molecule has 246 valence electrons. The lowest BCUT2D eigenvalue weighted by Crippen LogP contribution is -2.58. The predicted octanol–water partition coefficient (Wildman–Crippen LogP) is 3.52. The lowest BCUT2D eigenvalue weighted by Gasteiger charge is -2.37. The molecule has 5 atom stereocenters. The van der Waals surface area contributed by atoms with Crippen LogP contribution in [0.2, 0.25) is 5.15 Å². The molecule has 3 aromatic heterocycles. The average molecular weight is 732 g/mol. The summed E-state index contributed by atoms with van der Waals surface area (Å²) in [5, 5.41) is 62.9. The van der Waals surface area contributed by atoms with E-state index >= 15 is 0 Å². The molecule has 0 bridgehead atoms. The zero-order valence-corrected chi connectivity index (χ0v) is 26.9. The van der Waals surface area contributed by atoms with E-state index in [0.717, 1.165) is 23.2 Å². The Morgan fingerprint density at radius 3 is 2.49 bits per heavy atom. The molecule has 0 radical (unpaired) electrons. The summed E-state index contributed by atoms with van der Waals surface area (Å²) in [4.78, 5) is 28.7. The van der Waals surface area contributed by atoms with E-state index in [-0.39, 0.29) is 23.2 Å². The summed E-state index contributed by atoms with van der Waals surface area (Å²) in [6, 6.07) is 12.5. The molecule has 1 aliphatic heterocycles. The minimum Gasteiger partial charge on any atom is -0.479 e. The molecule has 0 amide bonds. The fourth-order valence-corrected chi connectivity index (χ4v) is 6.39. The number of unbranched alkanes of at least 4 members (excludes halogenated alkanes) is 1. The summed E-state index contributed by atoms with van der Waals surface area (Å²) < 4.78 is 13.8. The van der Waals surface area contributed by atoms with Crippen molar-refractivity contribution in [3.63, 3.8) is 0 Å². The van der Waals surface area contributed by atoms with Crippen LogP contribution in [-0.4, -0.2) is 91.6 Å². The first-order valence-electron chi connectivity index (χ1n) is 14.5. The van der Waals surface area contributed by atoms with E-state index in [4.69, 9.17) is 20.8 Å². The first-order chi connectivity index (χ1) is 22.5. The van der Waals surface area contributed by atoms with Crippen molar-refractivity contribution in [3.05, 3.63) is 69.2 Å². The van der Waals surface area contributed by atoms with Crippen LogP contribution in [0.25, 0.3) is 33.7 Å². The zero-order chi connectivity index (χ0) is 33.6. The number of aromatic carboxylic acids is 1. The van der Waals surface area contributed by atoms with Crippen LogP contribution in [-0.2, 0) is 22.5 Å². The van der Waals surface area contributed by atoms with Crippen molar-refractivity contribution in [2.24, 2.45) is 0 Å². The summed E-state index contributed by atoms with van der Waals surface area (Å²) in [6.07, 6.45) is -6.52. The van der Waals surface area contributed by atoms with Gasteiger partial charge >= 0.3 is 11.9 Å². The average Bonchev–Trinajstić information content (AvgIpc) is 3.74. The van der Waals surface area contributed by atoms with Crippen LogP contribution in [0, 0.1) is 0 Å². The molecule has 5 aromatic rings. The normalized spacial score (nSPS) is 21.4. The number of hydrogen-bond acceptors (Lipinski definition) is 11. The zero-order valence-electron chi connectivity index (χ0n) is 24.6. The number of ether oxygens (including phenoxy) is 1. The Hall–Kier alpha value is -4.19. The molecule has 5 N–H and O–H groups in total. The van der Waals surface area contributed by atoms with Crippen molar-refractivity contribution in [1.29, 1.82) is 0 Å². The number of aliphatic carboxylic acids is 1. The van der Waals surface area contributed by atoms with Gasteiger partial charge < -0.3 is 39.3 Å². The first kappa shape index (κ1) is 32.7. The van der Waals surface area contributed by atoms with Crippen molar-refractivity contribution in [2.75, 3.05) is 0 Å². The Morgan fingerprint density at radius 2 is 1.79 bits per heavy atom. The maximum Gasteiger partial charge on any atom is 0.355 e. The standard InChI is InChI=1S/C30H28BrClN6O9/c1-2-3-8-18-33-26(32)20(29(42)43)37(18)12-13-9-10-17-16(11-13)19(31)24(46-17)14-6-4-5-7-15(14)27-34-36-38(35-27)28-23(41)21(39)22(40)25(47-28)30(44)45/h4-7,9-11,21-23,25,28,39-41H,2-3,8,12H2,1H3,(H,42,43)(H,44,45)/t21-,22-,23+,25-,28+/m0/s1. The first-order valence-corrected chi connectivity index (χ1v) is 15.7. The van der Waals surface area contributed by atoms with Gasteiger partial charge in [0.25, 0.3) is 0 Å². The molecule has 15 nitrogen and oxygen atoms in total. The highest BCUT2D eigenvalue weighted by Gasteiger charge is 2.48. The number of fused-ring (bicyclic) bond motifs is 1. The van der Waals surface area contributed by atoms with Crippen molar-refractivity contribution in [1.82, 2.24) is 29.8 Å². The smallest absolute Gasteiger partial charge is 0.355 e. The summed E-state index contributed by atoms with van der Waals surface area (Å²) in [5.41, 5.74) is 2.29. The fraction of sp³-hybridized carbons (Fsp3) is 0.333. The molecule has 1 fully saturated rings. The third kappa shape index (κ3) is 6.03. The SMILES string of the molecule is CCCCc1nc(Cl)c(C(=O)O)n1Cc1ccc2oc(-c3ccccc3-c3nnn([C@@H]4O[C@H](C(=O)O)[C@@H](O)[C@H](O)[C@H]4O)n3)c(Br)c2c1. The van der Waals surface area contributed by atoms with Gasteiger partial charge in [-0.25, -0.2) is 14.6 Å². The minimum absolute atomic E-state index is 0.0568. The largest absolute Gasteiger partial charge is 0.479 e. The number of halogens is 2. The lowest BCUT2D eigenvalue weighted by atomic mass is 9.98. The van der Waals surface area contributed by atoms with E-state index < -0.39 is 42.6 Å². The number of furan rings is 1. The second-order valence-corrected chi connectivity index (χ2v) is 12.1. The number of aliphatic hydroxyl groups is 3. The Kier molecular flexibility index (Phi) is 9.15. The highest BCUT2D eigenvalue weighted by Crippen LogP contribution is 2.41. The maximum atomic E-state index is 12.0. The number of imidazole rings is 1. The number of tetrazole rings is 1. The molecule has 4 heterocycles. The van der Waals surface area contributed by atoms with Crippen molar-refractivity contribution in [2.45, 2.75) is 63.4 Å². The highest BCUT2D eigenvalue weighted by atomic mass is 79.9. The monoisotopic (exact) mass is 730 g/mol. The number of carboxylic acid groups (broad SMARTS) is 2. The van der Waals surface area contributed by atoms with Gasteiger partial charge in [-0.1, -0.05) is 55.3 Å². The van der Waals surface area contributed by atoms with Gasteiger partial charge in [0.2, 0.25) is 12.1 Å². The number of benzene rings is 2. The summed E-state index contributed by atoms with van der Waals surface area (Å²) in [5.74, 6) is -1.60. The molecule has 2 aromatic carbocycles. The van der Waals surface area contributed by atoms with E-state index in [0.29, 0.717) is 44.6 Å². The van der Waals surface area contributed by atoms with E-state index in [9.17, 15) is 35.1 Å². The molecule has 17 heteroatoms. The number of rotatable bonds is 10. The van der Waals surface area contributed by atoms with Crippen LogP contribution in [0.3, 0.4) is 0 Å². The maximum absolute atomic E-state index is 12.0. The van der Waals surface area contributed by atoms with Crippen molar-refractivity contribution in [3.8, 4) is 22.7 Å². The van der Waals surface area contributed by atoms with Crippen LogP contribution < -0.4 is 0 Å². The fourth-order valence-electron chi connectivity index (χ4n) is 5.51. The second kappa shape index (κ2) is 13.1. The molecule has 6 rings (SSSR count). The number of nitrogens with zero attached hydrogens (tertiary/aromatic N) is 6. The predicted molar refractivity (Wildman–Crippen MR) is 168 cm³/mol. The van der Waals surface area contributed by atoms with Gasteiger partial charge in [-0.3, -0.25) is 0 Å². The Labute approximate surface area is 279 Å². The lowest BCUT2D eigenvalue weighted by molar-refractivity contribution is -0.251. The van der Waals surface area contributed by atoms with Crippen LogP contribution in [0.4, 0.5) is 0 Å². The number of hydrogen-bond donors (Lipinski definition) is 5. The Balaban J connectivity index is 1.34. The van der Waals surface area contributed by atoms with E-state index in [2.05, 4.69) is 36.3 Å². The number of carbonyl (C=O) groups is 2. The minimum atomic E-state index is -1.87. The third-order valence-electron chi connectivity index (χ3n) is 7.89. The molecule has 0 spiro atoms. The Morgan fingerprint density at radius 1 is 1.04 bits per heavy atom. The summed E-state index contributed by atoms with van der Waals surface area (Å²) >= 11 is 9.88. The summed E-state index contributed by atoms with van der Waals surface area (Å²) in [6.45, 7) is 2.26. The van der Waals surface area contributed by atoms with Gasteiger partial charge in [0.05, 0.1) is 4.47 Å². The molecular formula is C30H28BrClN6O9. The number of aryl methyl sites for hydroxylation is 1. The van der Waals surface area contributed by atoms with Gasteiger partial charge in [0.15, 0.2) is 17.0 Å². The van der Waals surface area contributed by atoms with Crippen LogP contribution in [0.15, 0.2) is 51.4 Å². The van der Waals surface area contributed by atoms with Gasteiger partial charge in [-0.2, -0.15) is 0 Å². The van der Waals surface area contributed by atoms with E-state index in [1.807, 2.05) is 19.1 Å². The summed E-state index contributed by atoms with van der Waals surface area (Å²) in [7, 11) is 0. The highest BCUT2D eigenvalue weighted by molar-refractivity contribution is 9.10. The number of aromatic nitrogens is 6. The van der Waals surface area contributed by atoms with Gasteiger partial charge in [-0.15, -0.1) is 15.0 Å². The van der Waals surface area contributed by atoms with Crippen LogP contribution >= 0.6 is 27.5 Å². The van der Waals surface area contributed by atoms with Crippen molar-refractivity contribution < 1.29 is 44.3 Å². The number of aliphatic hydroxyl groups excluding tert-OH is 3. The van der Waals surface area contributed by atoms with Crippen LogP contribution in [0.5, 0.6) is 0 Å². The molecule has 1 aliphatic rings. The molecule has 0 saturated carbocycles. The van der Waals surface area contributed by atoms with Crippen molar-refractivity contribution >= 4 is 50.4 Å². The topological polar surface area (TPSA) is 219 Å². The van der Waals surface area contributed by atoms with E-state index in [1.54, 1.807) is 34.9 Å². The van der Waals surface area contributed by atoms with Gasteiger partial charge in [-0.05, 0) is 45.3 Å².